The SMILES string of the molecule is Cc1cccc(Cn2cc(/C=C3/C(=N)N4C(c5ccccc5)=CSC4=NC3=O)c3ccccc32)c1. The van der Waals surface area contributed by atoms with Gasteiger partial charge in [-0.2, -0.15) is 4.99 Å². The molecule has 6 heteroatoms. The van der Waals surface area contributed by atoms with Gasteiger partial charge < -0.3 is 4.57 Å². The number of amides is 1. The number of rotatable bonds is 4. The number of carbonyl (C=O) groups excluding carboxylic acids is 1. The van der Waals surface area contributed by atoms with E-state index < -0.39 is 0 Å². The number of benzene rings is 3. The van der Waals surface area contributed by atoms with Crippen molar-refractivity contribution in [3.63, 3.8) is 0 Å². The summed E-state index contributed by atoms with van der Waals surface area (Å²) in [5.74, 6) is -0.234. The number of nitrogens with one attached hydrogen (secondary N) is 1. The fraction of sp³-hybridized carbons (Fsp3) is 0.0690. The van der Waals surface area contributed by atoms with E-state index >= 15 is 0 Å². The second kappa shape index (κ2) is 8.56. The number of hydrogen-bond acceptors (Lipinski definition) is 3. The topological polar surface area (TPSA) is 61.5 Å². The molecule has 0 fully saturated rings. The molecule has 2 aliphatic heterocycles. The number of fused-ring (bicyclic) bond motifs is 2. The number of para-hydroxylation sites is 1. The Kier molecular flexibility index (Phi) is 5.23. The number of aliphatic imine (C=N–C) groups is 1. The molecule has 1 amide bonds. The second-order valence-electron chi connectivity index (χ2n) is 8.65. The molecule has 3 aromatic carbocycles. The van der Waals surface area contributed by atoms with Crippen molar-refractivity contribution >= 4 is 51.3 Å². The first kappa shape index (κ1) is 21.4. The Balaban J connectivity index is 1.41. The molecule has 5 nitrogen and oxygen atoms in total. The Bertz CT molecular complexity index is 1590. The van der Waals surface area contributed by atoms with Crippen LogP contribution < -0.4 is 0 Å². The molecule has 0 bridgehead atoms. The highest BCUT2D eigenvalue weighted by molar-refractivity contribution is 8.17. The van der Waals surface area contributed by atoms with Gasteiger partial charge in [0.1, 0.15) is 5.84 Å². The Hall–Kier alpha value is -4.16. The highest BCUT2D eigenvalue weighted by Gasteiger charge is 2.36. The molecule has 4 aromatic rings. The zero-order valence-electron chi connectivity index (χ0n) is 19.1. The van der Waals surface area contributed by atoms with Crippen molar-refractivity contribution in [1.82, 2.24) is 9.47 Å². The van der Waals surface area contributed by atoms with E-state index in [1.807, 2.05) is 53.9 Å². The van der Waals surface area contributed by atoms with Crippen molar-refractivity contribution in [2.24, 2.45) is 4.99 Å². The summed E-state index contributed by atoms with van der Waals surface area (Å²) in [6, 6.07) is 26.5. The first-order valence-electron chi connectivity index (χ1n) is 11.4. The van der Waals surface area contributed by atoms with Crippen LogP contribution in [0, 0.1) is 12.3 Å². The van der Waals surface area contributed by atoms with E-state index in [2.05, 4.69) is 59.1 Å². The molecule has 3 heterocycles. The highest BCUT2D eigenvalue weighted by atomic mass is 32.2. The van der Waals surface area contributed by atoms with Gasteiger partial charge in [0.25, 0.3) is 5.91 Å². The first-order chi connectivity index (χ1) is 17.1. The summed E-state index contributed by atoms with van der Waals surface area (Å²) in [5.41, 5.74) is 6.56. The summed E-state index contributed by atoms with van der Waals surface area (Å²) in [6.45, 7) is 2.82. The number of carbonyl (C=O) groups is 1. The lowest BCUT2D eigenvalue weighted by Gasteiger charge is -2.26. The maximum atomic E-state index is 13.0. The van der Waals surface area contributed by atoms with E-state index in [9.17, 15) is 4.79 Å². The number of amidine groups is 2. The van der Waals surface area contributed by atoms with Gasteiger partial charge in [-0.1, -0.05) is 90.1 Å². The minimum atomic E-state index is -0.382. The van der Waals surface area contributed by atoms with Crippen LogP contribution in [0.25, 0.3) is 22.7 Å². The molecule has 170 valence electrons. The normalized spacial score (nSPS) is 16.6. The zero-order valence-corrected chi connectivity index (χ0v) is 19.9. The predicted molar refractivity (Wildman–Crippen MR) is 144 cm³/mol. The molecule has 35 heavy (non-hydrogen) atoms. The first-order valence-corrected chi connectivity index (χ1v) is 12.3. The van der Waals surface area contributed by atoms with Crippen molar-refractivity contribution in [3.8, 4) is 0 Å². The third-order valence-corrected chi connectivity index (χ3v) is 7.06. The van der Waals surface area contributed by atoms with Gasteiger partial charge in [0.05, 0.1) is 11.3 Å². The lowest BCUT2D eigenvalue weighted by Crippen LogP contribution is -2.37. The highest BCUT2D eigenvalue weighted by Crippen LogP contribution is 2.37. The third kappa shape index (κ3) is 3.82. The Morgan fingerprint density at radius 3 is 2.63 bits per heavy atom. The summed E-state index contributed by atoms with van der Waals surface area (Å²) in [5, 5.41) is 12.5. The second-order valence-corrected chi connectivity index (χ2v) is 9.48. The van der Waals surface area contributed by atoms with Gasteiger partial charge >= 0.3 is 0 Å². The van der Waals surface area contributed by atoms with Crippen molar-refractivity contribution < 1.29 is 4.79 Å². The molecule has 0 radical (unpaired) electrons. The Morgan fingerprint density at radius 2 is 1.80 bits per heavy atom. The van der Waals surface area contributed by atoms with E-state index in [-0.39, 0.29) is 17.3 Å². The molecule has 0 spiro atoms. The number of nitrogens with zero attached hydrogens (tertiary/aromatic N) is 3. The fourth-order valence-electron chi connectivity index (χ4n) is 4.60. The molecule has 6 rings (SSSR count). The van der Waals surface area contributed by atoms with Gasteiger partial charge in [-0.3, -0.25) is 15.1 Å². The molecule has 0 aliphatic carbocycles. The molecule has 2 aliphatic rings. The summed E-state index contributed by atoms with van der Waals surface area (Å²) >= 11 is 1.37. The smallest absolute Gasteiger partial charge is 0.283 e. The van der Waals surface area contributed by atoms with Crippen molar-refractivity contribution in [2.75, 3.05) is 0 Å². The molecule has 1 N–H and O–H groups in total. The standard InChI is InChI=1S/C29H22N4OS/c1-19-8-7-9-20(14-19)16-32-17-22(23-12-5-6-13-25(23)32)15-24-27(30)33-26(21-10-3-2-4-11-21)18-35-29(33)31-28(24)34/h2-15,17-18,30H,16H2,1H3/b24-15-,30-27?. The zero-order chi connectivity index (χ0) is 23.9. The summed E-state index contributed by atoms with van der Waals surface area (Å²) in [6.07, 6.45) is 3.87. The van der Waals surface area contributed by atoms with Crippen LogP contribution in [-0.4, -0.2) is 26.4 Å². The summed E-state index contributed by atoms with van der Waals surface area (Å²) in [7, 11) is 0. The number of thioether (sulfide) groups is 1. The van der Waals surface area contributed by atoms with Crippen LogP contribution in [-0.2, 0) is 11.3 Å². The van der Waals surface area contributed by atoms with E-state index in [1.54, 1.807) is 4.90 Å². The van der Waals surface area contributed by atoms with Crippen LogP contribution in [0.5, 0.6) is 0 Å². The summed E-state index contributed by atoms with van der Waals surface area (Å²) < 4.78 is 2.20. The quantitative estimate of drug-likeness (QED) is 0.353. The van der Waals surface area contributed by atoms with E-state index in [1.165, 1.54) is 22.9 Å². The largest absolute Gasteiger partial charge is 0.342 e. The minimum Gasteiger partial charge on any atom is -0.342 e. The number of hydrogen-bond donors (Lipinski definition) is 1. The van der Waals surface area contributed by atoms with Crippen LogP contribution in [0.3, 0.4) is 0 Å². The van der Waals surface area contributed by atoms with Gasteiger partial charge in [-0.05, 0) is 30.2 Å². The monoisotopic (exact) mass is 474 g/mol. The van der Waals surface area contributed by atoms with Crippen molar-refractivity contribution in [1.29, 1.82) is 5.41 Å². The molecular formula is C29H22N4OS. The van der Waals surface area contributed by atoms with E-state index in [0.29, 0.717) is 5.17 Å². The van der Waals surface area contributed by atoms with Gasteiger partial charge in [0.2, 0.25) is 0 Å². The fourth-order valence-corrected chi connectivity index (χ4v) is 5.49. The Morgan fingerprint density at radius 1 is 1.00 bits per heavy atom. The van der Waals surface area contributed by atoms with Gasteiger partial charge in [-0.25, -0.2) is 0 Å². The average molecular weight is 475 g/mol. The molecule has 1 aromatic heterocycles. The number of aromatic nitrogens is 1. The summed E-state index contributed by atoms with van der Waals surface area (Å²) in [4.78, 5) is 19.1. The lowest BCUT2D eigenvalue weighted by molar-refractivity contribution is -0.114. The van der Waals surface area contributed by atoms with Gasteiger partial charge in [-0.15, -0.1) is 0 Å². The van der Waals surface area contributed by atoms with Crippen LogP contribution >= 0.6 is 11.8 Å². The number of aryl methyl sites for hydroxylation is 1. The minimum absolute atomic E-state index is 0.149. The van der Waals surface area contributed by atoms with Gasteiger partial charge in [0.15, 0.2) is 5.17 Å². The van der Waals surface area contributed by atoms with E-state index in [4.69, 9.17) is 5.41 Å². The molecule has 0 atom stereocenters. The van der Waals surface area contributed by atoms with Crippen molar-refractivity contribution in [2.45, 2.75) is 13.5 Å². The maximum Gasteiger partial charge on any atom is 0.283 e. The third-order valence-electron chi connectivity index (χ3n) is 6.24. The van der Waals surface area contributed by atoms with Crippen molar-refractivity contribution in [3.05, 3.63) is 118 Å². The average Bonchev–Trinajstić information content (AvgIpc) is 3.44. The molecule has 0 saturated heterocycles. The van der Waals surface area contributed by atoms with E-state index in [0.717, 1.165) is 34.3 Å². The molecule has 0 unspecified atom stereocenters. The molecular weight excluding hydrogens is 452 g/mol. The predicted octanol–water partition coefficient (Wildman–Crippen LogP) is 6.30. The Labute approximate surface area is 207 Å². The lowest BCUT2D eigenvalue weighted by atomic mass is 10.1. The van der Waals surface area contributed by atoms with Gasteiger partial charge in [0, 0.05) is 34.6 Å². The van der Waals surface area contributed by atoms with Crippen LogP contribution in [0.4, 0.5) is 0 Å². The van der Waals surface area contributed by atoms with Crippen LogP contribution in [0.1, 0.15) is 22.3 Å². The van der Waals surface area contributed by atoms with Crippen LogP contribution in [0.15, 0.2) is 101 Å². The van der Waals surface area contributed by atoms with Crippen LogP contribution in [0.2, 0.25) is 0 Å². The molecule has 0 saturated carbocycles. The maximum absolute atomic E-state index is 13.0.